The van der Waals surface area contributed by atoms with Gasteiger partial charge in [-0.25, -0.2) is 4.79 Å². The maximum atomic E-state index is 11.4. The third-order valence-electron chi connectivity index (χ3n) is 2.53. The molecule has 92 valence electrons. The van der Waals surface area contributed by atoms with E-state index in [2.05, 4.69) is 6.58 Å². The highest BCUT2D eigenvalue weighted by atomic mass is 16.5. The summed E-state index contributed by atoms with van der Waals surface area (Å²) in [4.78, 5) is 13.4. The van der Waals surface area contributed by atoms with Crippen LogP contribution < -0.4 is 0 Å². The Hall–Kier alpha value is -1.61. The normalized spacial score (nSPS) is 12.2. The molecular formula is C14H19NO2. The SMILES string of the molecule is C=C(C)C(=O)OCC(c1ccccc1)N(C)C. The van der Waals surface area contributed by atoms with Gasteiger partial charge in [-0.1, -0.05) is 36.9 Å². The van der Waals surface area contributed by atoms with Gasteiger partial charge in [0, 0.05) is 5.57 Å². The van der Waals surface area contributed by atoms with Crippen molar-refractivity contribution in [2.75, 3.05) is 20.7 Å². The summed E-state index contributed by atoms with van der Waals surface area (Å²) in [5.74, 6) is -0.340. The van der Waals surface area contributed by atoms with Crippen LogP contribution in [0.15, 0.2) is 42.5 Å². The highest BCUT2D eigenvalue weighted by molar-refractivity contribution is 5.86. The monoisotopic (exact) mass is 233 g/mol. The minimum atomic E-state index is -0.340. The molecule has 0 aliphatic rings. The molecule has 0 aliphatic heterocycles. The van der Waals surface area contributed by atoms with Crippen LogP contribution in [0.4, 0.5) is 0 Å². The summed E-state index contributed by atoms with van der Waals surface area (Å²) >= 11 is 0. The third kappa shape index (κ3) is 4.04. The zero-order chi connectivity index (χ0) is 12.8. The Labute approximate surface area is 103 Å². The second-order valence-electron chi connectivity index (χ2n) is 4.27. The second kappa shape index (κ2) is 6.21. The number of hydrogen-bond donors (Lipinski definition) is 0. The molecule has 1 atom stereocenters. The zero-order valence-corrected chi connectivity index (χ0v) is 10.6. The van der Waals surface area contributed by atoms with E-state index in [1.165, 1.54) is 0 Å². The Morgan fingerprint density at radius 3 is 2.41 bits per heavy atom. The van der Waals surface area contributed by atoms with Crippen LogP contribution in [0.5, 0.6) is 0 Å². The number of rotatable bonds is 5. The summed E-state index contributed by atoms with van der Waals surface area (Å²) in [6, 6.07) is 10.0. The van der Waals surface area contributed by atoms with Gasteiger partial charge in [0.2, 0.25) is 0 Å². The molecule has 1 unspecified atom stereocenters. The topological polar surface area (TPSA) is 29.5 Å². The zero-order valence-electron chi connectivity index (χ0n) is 10.6. The average Bonchev–Trinajstić information content (AvgIpc) is 2.29. The molecule has 0 saturated carbocycles. The first-order chi connectivity index (χ1) is 8.02. The molecule has 0 spiro atoms. The summed E-state index contributed by atoms with van der Waals surface area (Å²) < 4.78 is 5.20. The van der Waals surface area contributed by atoms with Gasteiger partial charge in [0.1, 0.15) is 6.61 Å². The molecule has 1 rings (SSSR count). The average molecular weight is 233 g/mol. The maximum absolute atomic E-state index is 11.4. The van der Waals surface area contributed by atoms with E-state index in [-0.39, 0.29) is 12.0 Å². The first-order valence-electron chi connectivity index (χ1n) is 5.56. The molecule has 0 saturated heterocycles. The van der Waals surface area contributed by atoms with E-state index in [1.807, 2.05) is 49.3 Å². The van der Waals surface area contributed by atoms with Gasteiger partial charge in [-0.05, 0) is 26.6 Å². The van der Waals surface area contributed by atoms with Crippen LogP contribution in [0.2, 0.25) is 0 Å². The Kier molecular flexibility index (Phi) is 4.91. The molecule has 0 bridgehead atoms. The van der Waals surface area contributed by atoms with Crippen molar-refractivity contribution in [3.05, 3.63) is 48.0 Å². The number of likely N-dealkylation sites (N-methyl/N-ethyl adjacent to an activating group) is 1. The Balaban J connectivity index is 2.69. The third-order valence-corrected chi connectivity index (χ3v) is 2.53. The van der Waals surface area contributed by atoms with Gasteiger partial charge in [0.25, 0.3) is 0 Å². The van der Waals surface area contributed by atoms with Crippen LogP contribution in [-0.4, -0.2) is 31.6 Å². The number of benzene rings is 1. The van der Waals surface area contributed by atoms with E-state index in [9.17, 15) is 4.79 Å². The van der Waals surface area contributed by atoms with E-state index < -0.39 is 0 Å². The lowest BCUT2D eigenvalue weighted by atomic mass is 10.1. The minimum absolute atomic E-state index is 0.0690. The van der Waals surface area contributed by atoms with Crippen LogP contribution in [0.1, 0.15) is 18.5 Å². The van der Waals surface area contributed by atoms with Crippen molar-refractivity contribution in [3.8, 4) is 0 Å². The summed E-state index contributed by atoms with van der Waals surface area (Å²) in [6.45, 7) is 5.55. The Bertz CT molecular complexity index is 384. The Morgan fingerprint density at radius 1 is 1.35 bits per heavy atom. The van der Waals surface area contributed by atoms with E-state index in [4.69, 9.17) is 4.74 Å². The quantitative estimate of drug-likeness (QED) is 0.578. The van der Waals surface area contributed by atoms with Crippen LogP contribution in [0, 0.1) is 0 Å². The van der Waals surface area contributed by atoms with Crippen LogP contribution in [-0.2, 0) is 9.53 Å². The fourth-order valence-corrected chi connectivity index (χ4v) is 1.50. The lowest BCUT2D eigenvalue weighted by molar-refractivity contribution is -0.140. The lowest BCUT2D eigenvalue weighted by Crippen LogP contribution is -2.26. The van der Waals surface area contributed by atoms with Crippen molar-refractivity contribution in [1.82, 2.24) is 4.90 Å². The summed E-state index contributed by atoms with van der Waals surface area (Å²) in [6.07, 6.45) is 0. The van der Waals surface area contributed by atoms with Gasteiger partial charge < -0.3 is 4.74 Å². The first-order valence-corrected chi connectivity index (χ1v) is 5.56. The molecule has 17 heavy (non-hydrogen) atoms. The van der Waals surface area contributed by atoms with Gasteiger partial charge in [-0.2, -0.15) is 0 Å². The summed E-state index contributed by atoms with van der Waals surface area (Å²) in [5, 5.41) is 0. The lowest BCUT2D eigenvalue weighted by Gasteiger charge is -2.24. The standard InChI is InChI=1S/C14H19NO2/c1-11(2)14(16)17-10-13(15(3)4)12-8-6-5-7-9-12/h5-9,13H,1,10H2,2-4H3. The van der Waals surface area contributed by atoms with Crippen molar-refractivity contribution >= 4 is 5.97 Å². The molecule has 0 radical (unpaired) electrons. The van der Waals surface area contributed by atoms with E-state index in [1.54, 1.807) is 6.92 Å². The van der Waals surface area contributed by atoms with Crippen LogP contribution >= 0.6 is 0 Å². The van der Waals surface area contributed by atoms with Gasteiger partial charge >= 0.3 is 5.97 Å². The maximum Gasteiger partial charge on any atom is 0.333 e. The summed E-state index contributed by atoms with van der Waals surface area (Å²) in [5.41, 5.74) is 1.56. The predicted molar refractivity (Wildman–Crippen MR) is 68.6 cm³/mol. The van der Waals surface area contributed by atoms with Crippen molar-refractivity contribution in [3.63, 3.8) is 0 Å². The minimum Gasteiger partial charge on any atom is -0.460 e. The van der Waals surface area contributed by atoms with Gasteiger partial charge in [-0.3, -0.25) is 4.90 Å². The van der Waals surface area contributed by atoms with Crippen molar-refractivity contribution in [2.24, 2.45) is 0 Å². The molecule has 0 N–H and O–H groups in total. The predicted octanol–water partition coefficient (Wildman–Crippen LogP) is 2.41. The van der Waals surface area contributed by atoms with E-state index in [0.29, 0.717) is 12.2 Å². The number of esters is 1. The fraction of sp³-hybridized carbons (Fsp3) is 0.357. The van der Waals surface area contributed by atoms with Crippen LogP contribution in [0.25, 0.3) is 0 Å². The fourth-order valence-electron chi connectivity index (χ4n) is 1.50. The molecule has 1 aromatic carbocycles. The number of nitrogens with zero attached hydrogens (tertiary/aromatic N) is 1. The Morgan fingerprint density at radius 2 is 1.94 bits per heavy atom. The van der Waals surface area contributed by atoms with Gasteiger partial charge in [0.05, 0.1) is 6.04 Å². The smallest absolute Gasteiger partial charge is 0.333 e. The molecule has 3 heteroatoms. The highest BCUT2D eigenvalue weighted by Gasteiger charge is 2.16. The largest absolute Gasteiger partial charge is 0.460 e. The molecule has 0 aromatic heterocycles. The molecule has 3 nitrogen and oxygen atoms in total. The van der Waals surface area contributed by atoms with Gasteiger partial charge in [0.15, 0.2) is 0 Å². The van der Waals surface area contributed by atoms with Crippen molar-refractivity contribution in [2.45, 2.75) is 13.0 Å². The second-order valence-corrected chi connectivity index (χ2v) is 4.27. The van der Waals surface area contributed by atoms with Crippen molar-refractivity contribution < 1.29 is 9.53 Å². The number of hydrogen-bond acceptors (Lipinski definition) is 3. The molecule has 0 heterocycles. The van der Waals surface area contributed by atoms with Gasteiger partial charge in [-0.15, -0.1) is 0 Å². The summed E-state index contributed by atoms with van der Waals surface area (Å²) in [7, 11) is 3.93. The first kappa shape index (κ1) is 13.5. The van der Waals surface area contributed by atoms with Crippen molar-refractivity contribution in [1.29, 1.82) is 0 Å². The van der Waals surface area contributed by atoms with E-state index in [0.717, 1.165) is 5.56 Å². The number of carbonyl (C=O) groups excluding carboxylic acids is 1. The molecular weight excluding hydrogens is 214 g/mol. The molecule has 1 aromatic rings. The van der Waals surface area contributed by atoms with E-state index >= 15 is 0 Å². The number of carbonyl (C=O) groups is 1. The molecule has 0 amide bonds. The van der Waals surface area contributed by atoms with Crippen LogP contribution in [0.3, 0.4) is 0 Å². The number of ether oxygens (including phenoxy) is 1. The molecule has 0 aliphatic carbocycles. The molecule has 0 fully saturated rings. The highest BCUT2D eigenvalue weighted by Crippen LogP contribution is 2.18.